The molecule has 1 N–H and O–H groups in total. The molecule has 39 heavy (non-hydrogen) atoms. The van der Waals surface area contributed by atoms with Crippen molar-refractivity contribution in [1.82, 2.24) is 0 Å². The maximum Gasteiger partial charge on any atom is 0.257 e. The van der Waals surface area contributed by atoms with Gasteiger partial charge in [-0.3, -0.25) is 14.4 Å². The third kappa shape index (κ3) is 3.10. The molecule has 1 aliphatic heterocycles. The van der Waals surface area contributed by atoms with Crippen LogP contribution >= 0.6 is 0 Å². The maximum atomic E-state index is 14.5. The van der Waals surface area contributed by atoms with Crippen LogP contribution < -0.4 is 10.2 Å². The number of hydrogen-bond acceptors (Lipinski definition) is 3. The molecule has 4 aromatic carbocycles. The van der Waals surface area contributed by atoms with E-state index >= 15 is 0 Å². The van der Waals surface area contributed by atoms with Crippen molar-refractivity contribution in [3.05, 3.63) is 130 Å². The monoisotopic (exact) mass is 512 g/mol. The number of para-hydroxylation sites is 2. The van der Waals surface area contributed by atoms with Crippen molar-refractivity contribution in [3.8, 4) is 0 Å². The van der Waals surface area contributed by atoms with Crippen LogP contribution in [-0.4, -0.2) is 17.7 Å². The van der Waals surface area contributed by atoms with Crippen LogP contribution in [0.3, 0.4) is 0 Å². The summed E-state index contributed by atoms with van der Waals surface area (Å²) < 4.78 is 0. The predicted molar refractivity (Wildman–Crippen MR) is 151 cm³/mol. The first-order valence-corrected chi connectivity index (χ1v) is 13.5. The fourth-order valence-corrected chi connectivity index (χ4v) is 7.34. The number of carbonyl (C=O) groups is 3. The van der Waals surface area contributed by atoms with Gasteiger partial charge in [-0.05, 0) is 59.4 Å². The summed E-state index contributed by atoms with van der Waals surface area (Å²) in [5.74, 6) is -1.83. The number of benzene rings is 4. The van der Waals surface area contributed by atoms with Crippen LogP contribution in [0, 0.1) is 11.3 Å². The lowest BCUT2D eigenvalue weighted by atomic mass is 9.48. The van der Waals surface area contributed by atoms with Gasteiger partial charge in [-0.1, -0.05) is 85.8 Å². The molecule has 0 radical (unpaired) electrons. The zero-order chi connectivity index (χ0) is 26.9. The highest BCUT2D eigenvalue weighted by molar-refractivity contribution is 6.27. The number of nitrogens with one attached hydrogen (secondary N) is 1. The van der Waals surface area contributed by atoms with Gasteiger partial charge in [-0.15, -0.1) is 0 Å². The Kier molecular flexibility index (Phi) is 5.14. The summed E-state index contributed by atoms with van der Waals surface area (Å²) in [6.45, 7) is 3.98. The zero-order valence-corrected chi connectivity index (χ0v) is 21.8. The van der Waals surface area contributed by atoms with Crippen LogP contribution in [0.25, 0.3) is 0 Å². The molecule has 0 spiro atoms. The number of amides is 3. The van der Waals surface area contributed by atoms with E-state index in [0.717, 1.165) is 39.9 Å². The average Bonchev–Trinajstić information content (AvgIpc) is 3.18. The first-order chi connectivity index (χ1) is 19.0. The standard InChI is InChI=1S/C34H28N2O3/c1-3-20-12-4-10-18-26(20)35-31(37)25-17-9-11-19-27(25)36-32(38)30-28-21-13-5-7-15-23(21)29(34(30,2)33(36)39)24-16-8-6-14-22(24)28/h4-19,28-30H,3H2,1-2H3,(H,35,37)/t28?,29?,30-,34-/m1/s1. The van der Waals surface area contributed by atoms with Gasteiger partial charge in [0.2, 0.25) is 11.8 Å². The Balaban J connectivity index is 1.34. The lowest BCUT2D eigenvalue weighted by molar-refractivity contribution is -0.128. The van der Waals surface area contributed by atoms with Gasteiger partial charge in [-0.25, -0.2) is 4.90 Å². The number of hydrogen-bond donors (Lipinski definition) is 1. The minimum atomic E-state index is -0.956. The quantitative estimate of drug-likeness (QED) is 0.327. The molecule has 0 unspecified atom stereocenters. The van der Waals surface area contributed by atoms with E-state index in [9.17, 15) is 14.4 Å². The smallest absolute Gasteiger partial charge is 0.257 e. The Morgan fingerprint density at radius 3 is 2.03 bits per heavy atom. The van der Waals surface area contributed by atoms with Gasteiger partial charge < -0.3 is 5.32 Å². The van der Waals surface area contributed by atoms with Crippen LogP contribution in [0.15, 0.2) is 97.1 Å². The molecule has 3 aliphatic carbocycles. The minimum Gasteiger partial charge on any atom is -0.322 e. The van der Waals surface area contributed by atoms with E-state index in [0.29, 0.717) is 11.3 Å². The molecular formula is C34H28N2O3. The summed E-state index contributed by atoms with van der Waals surface area (Å²) in [7, 11) is 0. The fourth-order valence-electron chi connectivity index (χ4n) is 7.34. The first-order valence-electron chi connectivity index (χ1n) is 13.5. The first kappa shape index (κ1) is 23.6. The van der Waals surface area contributed by atoms with Crippen molar-refractivity contribution in [1.29, 1.82) is 0 Å². The minimum absolute atomic E-state index is 0.216. The van der Waals surface area contributed by atoms with E-state index in [1.165, 1.54) is 4.90 Å². The van der Waals surface area contributed by atoms with Gasteiger partial charge in [0.15, 0.2) is 0 Å². The van der Waals surface area contributed by atoms with Gasteiger partial charge in [-0.2, -0.15) is 0 Å². The van der Waals surface area contributed by atoms with E-state index in [4.69, 9.17) is 0 Å². The summed E-state index contributed by atoms with van der Waals surface area (Å²) >= 11 is 0. The second-order valence-corrected chi connectivity index (χ2v) is 10.9. The molecule has 0 aromatic heterocycles. The largest absolute Gasteiger partial charge is 0.322 e. The SMILES string of the molecule is CCc1ccccc1NC(=O)c1ccccc1N1C(=O)[C@H]2C3c4ccccc4C(c4ccccc43)[C@@]2(C)C1=O. The Labute approximate surface area is 227 Å². The van der Waals surface area contributed by atoms with Crippen LogP contribution in [-0.2, 0) is 16.0 Å². The van der Waals surface area contributed by atoms with Crippen molar-refractivity contribution in [2.24, 2.45) is 11.3 Å². The Morgan fingerprint density at radius 1 is 0.795 bits per heavy atom. The topological polar surface area (TPSA) is 66.5 Å². The number of aryl methyl sites for hydroxylation is 1. The fraction of sp³-hybridized carbons (Fsp3) is 0.206. The van der Waals surface area contributed by atoms with Crippen molar-refractivity contribution < 1.29 is 14.4 Å². The Hall–Kier alpha value is -4.51. The molecule has 1 heterocycles. The number of nitrogens with zero attached hydrogens (tertiary/aromatic N) is 1. The highest BCUT2D eigenvalue weighted by atomic mass is 16.2. The second-order valence-electron chi connectivity index (χ2n) is 10.9. The van der Waals surface area contributed by atoms with Crippen molar-refractivity contribution in [3.63, 3.8) is 0 Å². The molecule has 3 amide bonds. The van der Waals surface area contributed by atoms with Crippen molar-refractivity contribution >= 4 is 29.1 Å². The predicted octanol–water partition coefficient (Wildman–Crippen LogP) is 6.29. The molecule has 1 saturated heterocycles. The Bertz CT molecular complexity index is 1640. The molecule has 0 saturated carbocycles. The summed E-state index contributed by atoms with van der Waals surface area (Å²) in [5.41, 5.74) is 5.89. The molecule has 2 atom stereocenters. The normalized spacial score (nSPS) is 24.3. The highest BCUT2D eigenvalue weighted by Gasteiger charge is 2.69. The molecule has 2 bridgehead atoms. The number of carbonyl (C=O) groups excluding carboxylic acids is 3. The lowest BCUT2D eigenvalue weighted by Crippen LogP contribution is -2.49. The lowest BCUT2D eigenvalue weighted by Gasteiger charge is -2.51. The van der Waals surface area contributed by atoms with E-state index in [-0.39, 0.29) is 29.6 Å². The summed E-state index contributed by atoms with van der Waals surface area (Å²) in [5, 5.41) is 3.01. The van der Waals surface area contributed by atoms with Crippen LogP contribution in [0.2, 0.25) is 0 Å². The molecule has 5 heteroatoms. The van der Waals surface area contributed by atoms with Gasteiger partial charge in [0, 0.05) is 17.5 Å². The highest BCUT2D eigenvalue weighted by Crippen LogP contribution is 2.67. The molecule has 8 rings (SSSR count). The summed E-state index contributed by atoms with van der Waals surface area (Å²) in [4.78, 5) is 43.8. The second kappa shape index (κ2) is 8.50. The van der Waals surface area contributed by atoms with E-state index in [1.54, 1.807) is 24.3 Å². The molecule has 4 aromatic rings. The molecule has 192 valence electrons. The van der Waals surface area contributed by atoms with Crippen molar-refractivity contribution in [2.75, 3.05) is 10.2 Å². The summed E-state index contributed by atoms with van der Waals surface area (Å²) in [6.07, 6.45) is 0.769. The van der Waals surface area contributed by atoms with Gasteiger partial charge in [0.1, 0.15) is 0 Å². The van der Waals surface area contributed by atoms with Crippen LogP contribution in [0.4, 0.5) is 11.4 Å². The number of imide groups is 1. The molecule has 5 nitrogen and oxygen atoms in total. The maximum absolute atomic E-state index is 14.5. The molecule has 4 aliphatic rings. The zero-order valence-electron chi connectivity index (χ0n) is 21.8. The number of anilines is 2. The summed E-state index contributed by atoms with van der Waals surface area (Å²) in [6, 6.07) is 31.0. The number of rotatable bonds is 4. The third-order valence-electron chi connectivity index (χ3n) is 9.05. The van der Waals surface area contributed by atoms with Crippen LogP contribution in [0.1, 0.15) is 63.9 Å². The van der Waals surface area contributed by atoms with Gasteiger partial charge >= 0.3 is 0 Å². The van der Waals surface area contributed by atoms with E-state index < -0.39 is 11.3 Å². The third-order valence-corrected chi connectivity index (χ3v) is 9.05. The van der Waals surface area contributed by atoms with Gasteiger partial charge in [0.05, 0.1) is 22.6 Å². The van der Waals surface area contributed by atoms with Crippen molar-refractivity contribution in [2.45, 2.75) is 32.1 Å². The average molecular weight is 513 g/mol. The van der Waals surface area contributed by atoms with Crippen LogP contribution in [0.5, 0.6) is 0 Å². The van der Waals surface area contributed by atoms with E-state index in [2.05, 4.69) is 29.6 Å². The molecular weight excluding hydrogens is 484 g/mol. The Morgan fingerprint density at radius 2 is 1.36 bits per heavy atom. The van der Waals surface area contributed by atoms with Gasteiger partial charge in [0.25, 0.3) is 5.91 Å². The van der Waals surface area contributed by atoms with E-state index in [1.807, 2.05) is 62.4 Å². The molecule has 1 fully saturated rings.